The van der Waals surface area contributed by atoms with E-state index in [-0.39, 0.29) is 18.1 Å². The van der Waals surface area contributed by atoms with Crippen LogP contribution in [0.25, 0.3) is 0 Å². The van der Waals surface area contributed by atoms with Crippen LogP contribution in [0.4, 0.5) is 18.0 Å². The zero-order chi connectivity index (χ0) is 17.9. The summed E-state index contributed by atoms with van der Waals surface area (Å²) < 4.78 is 39.4. The normalized spacial score (nSPS) is 21.2. The zero-order valence-corrected chi connectivity index (χ0v) is 13.8. The lowest BCUT2D eigenvalue weighted by Gasteiger charge is -2.32. The maximum absolute atomic E-state index is 13.1. The summed E-state index contributed by atoms with van der Waals surface area (Å²) in [6.45, 7) is 4.16. The quantitative estimate of drug-likeness (QED) is 0.883. The summed E-state index contributed by atoms with van der Waals surface area (Å²) in [6.07, 6.45) is -3.58. The number of nitrogens with zero attached hydrogens (tertiary/aromatic N) is 1. The number of alkyl halides is 3. The Morgan fingerprint density at radius 1 is 1.33 bits per heavy atom. The molecule has 3 unspecified atom stereocenters. The van der Waals surface area contributed by atoms with Crippen LogP contribution in [-0.2, 0) is 6.18 Å². The number of benzene rings is 1. The molecule has 1 aromatic carbocycles. The van der Waals surface area contributed by atoms with Gasteiger partial charge in [0.2, 0.25) is 0 Å². The molecule has 2 amide bonds. The van der Waals surface area contributed by atoms with Gasteiger partial charge in [-0.25, -0.2) is 4.79 Å². The number of halogens is 3. The van der Waals surface area contributed by atoms with Gasteiger partial charge in [0.1, 0.15) is 0 Å². The van der Waals surface area contributed by atoms with Crippen LogP contribution in [0, 0.1) is 0 Å². The lowest BCUT2D eigenvalue weighted by Crippen LogP contribution is -2.50. The Bertz CT molecular complexity index is 577. The van der Waals surface area contributed by atoms with Crippen molar-refractivity contribution in [3.8, 4) is 0 Å². The Hall–Kier alpha value is -1.76. The third kappa shape index (κ3) is 4.41. The minimum atomic E-state index is -4.43. The first-order valence-electron chi connectivity index (χ1n) is 8.09. The molecule has 2 N–H and O–H groups in total. The van der Waals surface area contributed by atoms with Crippen molar-refractivity contribution in [2.24, 2.45) is 0 Å². The van der Waals surface area contributed by atoms with Crippen molar-refractivity contribution in [2.75, 3.05) is 13.1 Å². The molecular formula is C17H23F3N2O2. The average Bonchev–Trinajstić information content (AvgIpc) is 2.53. The van der Waals surface area contributed by atoms with Crippen LogP contribution in [0.3, 0.4) is 0 Å². The minimum Gasteiger partial charge on any atom is -0.391 e. The SMILES string of the molecule is CC(NC(=O)N1CCCC(O)C1)C(C)c1ccccc1C(F)(F)F. The van der Waals surface area contributed by atoms with Gasteiger partial charge < -0.3 is 15.3 Å². The van der Waals surface area contributed by atoms with Crippen LogP contribution < -0.4 is 5.32 Å². The molecule has 0 saturated carbocycles. The number of rotatable bonds is 3. The van der Waals surface area contributed by atoms with E-state index in [2.05, 4.69) is 5.32 Å². The number of piperidine rings is 1. The van der Waals surface area contributed by atoms with Crippen molar-refractivity contribution in [3.05, 3.63) is 35.4 Å². The van der Waals surface area contributed by atoms with Gasteiger partial charge in [-0.3, -0.25) is 0 Å². The van der Waals surface area contributed by atoms with Crippen LogP contribution in [0.5, 0.6) is 0 Å². The number of aliphatic hydroxyl groups is 1. The number of carbonyl (C=O) groups excluding carboxylic acids is 1. The summed E-state index contributed by atoms with van der Waals surface area (Å²) in [7, 11) is 0. The molecule has 0 bridgehead atoms. The highest BCUT2D eigenvalue weighted by Crippen LogP contribution is 2.36. The third-order valence-electron chi connectivity index (χ3n) is 4.54. The summed E-state index contributed by atoms with van der Waals surface area (Å²) in [5, 5.41) is 12.4. The van der Waals surface area contributed by atoms with Gasteiger partial charge >= 0.3 is 12.2 Å². The van der Waals surface area contributed by atoms with E-state index in [4.69, 9.17) is 0 Å². The van der Waals surface area contributed by atoms with Crippen LogP contribution in [0.15, 0.2) is 24.3 Å². The van der Waals surface area contributed by atoms with E-state index < -0.39 is 29.8 Å². The molecule has 1 aliphatic heterocycles. The smallest absolute Gasteiger partial charge is 0.391 e. The van der Waals surface area contributed by atoms with Crippen molar-refractivity contribution in [1.29, 1.82) is 0 Å². The first-order valence-corrected chi connectivity index (χ1v) is 8.09. The van der Waals surface area contributed by atoms with Crippen molar-refractivity contribution in [1.82, 2.24) is 10.2 Å². The molecule has 1 heterocycles. The van der Waals surface area contributed by atoms with Crippen molar-refractivity contribution >= 4 is 6.03 Å². The van der Waals surface area contributed by atoms with E-state index in [1.54, 1.807) is 19.9 Å². The largest absolute Gasteiger partial charge is 0.416 e. The second-order valence-electron chi connectivity index (χ2n) is 6.35. The van der Waals surface area contributed by atoms with E-state index in [1.165, 1.54) is 17.0 Å². The number of hydrogen-bond donors (Lipinski definition) is 2. The van der Waals surface area contributed by atoms with Gasteiger partial charge in [-0.2, -0.15) is 13.2 Å². The summed E-state index contributed by atoms with van der Waals surface area (Å²) in [4.78, 5) is 13.8. The van der Waals surface area contributed by atoms with Gasteiger partial charge in [-0.05, 0) is 31.4 Å². The Morgan fingerprint density at radius 2 is 2.00 bits per heavy atom. The Kier molecular flexibility index (Phi) is 5.74. The van der Waals surface area contributed by atoms with Gasteiger partial charge in [0.25, 0.3) is 0 Å². The van der Waals surface area contributed by atoms with Crippen LogP contribution in [0.1, 0.15) is 43.7 Å². The topological polar surface area (TPSA) is 52.6 Å². The molecule has 4 nitrogen and oxygen atoms in total. The highest BCUT2D eigenvalue weighted by atomic mass is 19.4. The lowest BCUT2D eigenvalue weighted by atomic mass is 9.90. The Balaban J connectivity index is 2.07. The molecule has 134 valence electrons. The number of carbonyl (C=O) groups is 1. The van der Waals surface area contributed by atoms with E-state index in [9.17, 15) is 23.1 Å². The summed E-state index contributed by atoms with van der Waals surface area (Å²) in [5.41, 5.74) is -0.511. The molecule has 0 spiro atoms. The average molecular weight is 344 g/mol. The van der Waals surface area contributed by atoms with Crippen molar-refractivity contribution < 1.29 is 23.1 Å². The molecule has 2 rings (SSSR count). The zero-order valence-electron chi connectivity index (χ0n) is 13.8. The monoisotopic (exact) mass is 344 g/mol. The van der Waals surface area contributed by atoms with Gasteiger partial charge in [0.05, 0.1) is 11.7 Å². The first kappa shape index (κ1) is 18.6. The van der Waals surface area contributed by atoms with E-state index in [1.807, 2.05) is 0 Å². The van der Waals surface area contributed by atoms with Crippen molar-refractivity contribution in [3.63, 3.8) is 0 Å². The Morgan fingerprint density at radius 3 is 2.62 bits per heavy atom. The first-order chi connectivity index (χ1) is 11.2. The summed E-state index contributed by atoms with van der Waals surface area (Å²) in [6, 6.07) is 4.61. The highest BCUT2D eigenvalue weighted by molar-refractivity contribution is 5.74. The molecule has 7 heteroatoms. The number of hydrogen-bond acceptors (Lipinski definition) is 2. The Labute approximate surface area is 139 Å². The maximum atomic E-state index is 13.1. The molecular weight excluding hydrogens is 321 g/mol. The van der Waals surface area contributed by atoms with E-state index in [0.29, 0.717) is 13.0 Å². The fourth-order valence-corrected chi connectivity index (χ4v) is 2.97. The second-order valence-corrected chi connectivity index (χ2v) is 6.35. The predicted octanol–water partition coefficient (Wildman–Crippen LogP) is 3.36. The second kappa shape index (κ2) is 7.42. The number of likely N-dealkylation sites (tertiary alicyclic amines) is 1. The van der Waals surface area contributed by atoms with Gasteiger partial charge in [-0.15, -0.1) is 0 Å². The van der Waals surface area contributed by atoms with E-state index >= 15 is 0 Å². The fourth-order valence-electron chi connectivity index (χ4n) is 2.97. The van der Waals surface area contributed by atoms with Crippen molar-refractivity contribution in [2.45, 2.75) is 50.9 Å². The highest BCUT2D eigenvalue weighted by Gasteiger charge is 2.35. The predicted molar refractivity (Wildman–Crippen MR) is 84.7 cm³/mol. The maximum Gasteiger partial charge on any atom is 0.416 e. The molecule has 1 aromatic rings. The standard InChI is InChI=1S/C17H23F3N2O2/c1-11(14-7-3-4-8-15(14)17(18,19)20)12(2)21-16(24)22-9-5-6-13(23)10-22/h3-4,7-8,11-13,23H,5-6,9-10H2,1-2H3,(H,21,24). The lowest BCUT2D eigenvalue weighted by molar-refractivity contribution is -0.138. The number of β-amino-alcohol motifs (C(OH)–C–C–N with tert-alkyl or cyclic N) is 1. The molecule has 1 aliphatic rings. The molecule has 1 saturated heterocycles. The fraction of sp³-hybridized carbons (Fsp3) is 0.588. The molecule has 0 radical (unpaired) electrons. The van der Waals surface area contributed by atoms with Gasteiger partial charge in [0, 0.05) is 25.0 Å². The van der Waals surface area contributed by atoms with Crippen LogP contribution in [0.2, 0.25) is 0 Å². The van der Waals surface area contributed by atoms with Gasteiger partial charge in [-0.1, -0.05) is 25.1 Å². The number of amides is 2. The van der Waals surface area contributed by atoms with Gasteiger partial charge in [0.15, 0.2) is 0 Å². The number of nitrogens with one attached hydrogen (secondary N) is 1. The third-order valence-corrected chi connectivity index (χ3v) is 4.54. The van der Waals surface area contributed by atoms with Crippen LogP contribution in [-0.4, -0.2) is 41.3 Å². The molecule has 3 atom stereocenters. The van der Waals surface area contributed by atoms with E-state index in [0.717, 1.165) is 12.5 Å². The summed E-state index contributed by atoms with van der Waals surface area (Å²) >= 11 is 0. The summed E-state index contributed by atoms with van der Waals surface area (Å²) in [5.74, 6) is -0.499. The molecule has 0 aliphatic carbocycles. The number of aliphatic hydroxyl groups excluding tert-OH is 1. The molecule has 1 fully saturated rings. The van der Waals surface area contributed by atoms with Crippen LogP contribution >= 0.6 is 0 Å². The molecule has 24 heavy (non-hydrogen) atoms. The molecule has 0 aromatic heterocycles. The minimum absolute atomic E-state index is 0.163. The number of urea groups is 1.